The molecule has 2 rings (SSSR count). The Hall–Kier alpha value is 0.220. The van der Waals surface area contributed by atoms with Crippen LogP contribution in [0.2, 0.25) is 0 Å². The number of rotatable bonds is 2. The fourth-order valence-corrected chi connectivity index (χ4v) is 3.56. The van der Waals surface area contributed by atoms with Crippen molar-refractivity contribution in [1.29, 1.82) is 0 Å². The summed E-state index contributed by atoms with van der Waals surface area (Å²) in [6.45, 7) is 8.23. The Morgan fingerprint density at radius 3 is 1.32 bits per heavy atom. The van der Waals surface area contributed by atoms with Gasteiger partial charge in [0.05, 0.1) is 11.4 Å². The lowest BCUT2D eigenvalue weighted by molar-refractivity contribution is 1.10. The van der Waals surface area contributed by atoms with Crippen molar-refractivity contribution in [3.8, 4) is 0 Å². The summed E-state index contributed by atoms with van der Waals surface area (Å²) in [6.07, 6.45) is 3.77. The van der Waals surface area contributed by atoms with Crippen molar-refractivity contribution in [3.05, 3.63) is 55.0 Å². The van der Waals surface area contributed by atoms with Crippen LogP contribution in [-0.4, -0.2) is 9.97 Å². The van der Waals surface area contributed by atoms with Crippen molar-refractivity contribution < 1.29 is 0 Å². The first kappa shape index (κ1) is 20.3. The number of pyridine rings is 2. The third kappa shape index (κ3) is 5.11. The molecule has 0 aliphatic heterocycles. The summed E-state index contributed by atoms with van der Waals surface area (Å²) in [4.78, 5) is 8.56. The van der Waals surface area contributed by atoms with Crippen LogP contribution in [0.25, 0.3) is 0 Å². The lowest BCUT2D eigenvalue weighted by Crippen LogP contribution is -1.93. The molecule has 2 nitrogen and oxygen atoms in total. The molecule has 2 aromatic rings. The van der Waals surface area contributed by atoms with Gasteiger partial charge in [0.2, 0.25) is 0 Å². The van der Waals surface area contributed by atoms with Crippen molar-refractivity contribution in [1.82, 2.24) is 9.97 Å². The molecule has 0 N–H and O–H groups in total. The molecule has 0 saturated heterocycles. The van der Waals surface area contributed by atoms with E-state index in [1.165, 1.54) is 31.2 Å². The average Bonchev–Trinajstić information content (AvgIpc) is 2.51. The van der Waals surface area contributed by atoms with E-state index in [2.05, 4.69) is 87.5 Å². The molecule has 2 heterocycles. The summed E-state index contributed by atoms with van der Waals surface area (Å²) >= 11 is 13.8. The largest absolute Gasteiger partial charge is 0.260 e. The van der Waals surface area contributed by atoms with Crippen molar-refractivity contribution in [3.63, 3.8) is 0 Å². The molecule has 6 heteroatoms. The van der Waals surface area contributed by atoms with Crippen LogP contribution in [0.4, 0.5) is 0 Å². The van der Waals surface area contributed by atoms with Crippen LogP contribution in [0.15, 0.2) is 21.3 Å². The van der Waals surface area contributed by atoms with Gasteiger partial charge in [-0.3, -0.25) is 9.97 Å². The minimum atomic E-state index is 0.817. The topological polar surface area (TPSA) is 25.8 Å². The smallest absolute Gasteiger partial charge is 0.0549 e. The van der Waals surface area contributed by atoms with Crippen LogP contribution < -0.4 is 0 Å². The van der Waals surface area contributed by atoms with Gasteiger partial charge in [-0.05, 0) is 49.9 Å². The monoisotopic (exact) mass is 554 g/mol. The van der Waals surface area contributed by atoms with Crippen LogP contribution >= 0.6 is 63.7 Å². The molecule has 0 spiro atoms. The van der Waals surface area contributed by atoms with Gasteiger partial charge in [0.15, 0.2) is 0 Å². The summed E-state index contributed by atoms with van der Waals surface area (Å²) in [5.41, 5.74) is 7.02. The molecule has 0 aliphatic rings. The molecule has 0 saturated carbocycles. The van der Waals surface area contributed by atoms with Gasteiger partial charge in [0.25, 0.3) is 0 Å². The number of alkyl halides is 2. The fourth-order valence-electron chi connectivity index (χ4n) is 1.77. The number of halogens is 4. The zero-order valence-corrected chi connectivity index (χ0v) is 19.3. The summed E-state index contributed by atoms with van der Waals surface area (Å²) in [7, 11) is 0. The highest BCUT2D eigenvalue weighted by molar-refractivity contribution is 9.11. The van der Waals surface area contributed by atoms with E-state index in [-0.39, 0.29) is 0 Å². The second-order valence-electron chi connectivity index (χ2n) is 4.92. The van der Waals surface area contributed by atoms with Gasteiger partial charge in [-0.2, -0.15) is 0 Å². The number of hydrogen-bond acceptors (Lipinski definition) is 2. The van der Waals surface area contributed by atoms with E-state index in [4.69, 9.17) is 0 Å². The maximum absolute atomic E-state index is 4.28. The molecule has 0 radical (unpaired) electrons. The molecule has 2 aromatic heterocycles. The average molecular weight is 558 g/mol. The molecular formula is C16H18Br4N2. The Labute approximate surface area is 166 Å². The zero-order valence-electron chi connectivity index (χ0n) is 13.0. The van der Waals surface area contributed by atoms with Gasteiger partial charge in [0.1, 0.15) is 0 Å². The van der Waals surface area contributed by atoms with Crippen LogP contribution in [0, 0.1) is 27.7 Å². The molecule has 22 heavy (non-hydrogen) atoms. The predicted octanol–water partition coefficient (Wildman–Crippen LogP) is 6.71. The standard InChI is InChI=1S/2C8H9Br2N/c2*1-5-4-11-7(3-9)6(2)8(5)10/h2*4H,3H2,1-2H3. The summed E-state index contributed by atoms with van der Waals surface area (Å²) in [5, 5.41) is 1.63. The minimum absolute atomic E-state index is 0.817. The van der Waals surface area contributed by atoms with Crippen LogP contribution in [0.3, 0.4) is 0 Å². The van der Waals surface area contributed by atoms with Crippen LogP contribution in [0.5, 0.6) is 0 Å². The molecule has 0 unspecified atom stereocenters. The molecule has 0 atom stereocenters. The molecular weight excluding hydrogens is 540 g/mol. The van der Waals surface area contributed by atoms with Gasteiger partial charge in [-0.15, -0.1) is 0 Å². The minimum Gasteiger partial charge on any atom is -0.260 e. The highest BCUT2D eigenvalue weighted by Gasteiger charge is 2.04. The Bertz CT molecular complexity index is 600. The number of aromatic nitrogens is 2. The van der Waals surface area contributed by atoms with Gasteiger partial charge < -0.3 is 0 Å². The third-order valence-corrected chi connectivity index (χ3v) is 6.80. The molecule has 120 valence electrons. The van der Waals surface area contributed by atoms with Crippen LogP contribution in [-0.2, 0) is 10.7 Å². The molecule has 0 aliphatic carbocycles. The highest BCUT2D eigenvalue weighted by Crippen LogP contribution is 2.23. The van der Waals surface area contributed by atoms with Gasteiger partial charge >= 0.3 is 0 Å². The lowest BCUT2D eigenvalue weighted by atomic mass is 10.2. The SMILES string of the molecule is Cc1cnc(CBr)c(C)c1Br.Cc1cnc(CBr)c(C)c1Br. The van der Waals surface area contributed by atoms with Crippen LogP contribution in [0.1, 0.15) is 33.6 Å². The second kappa shape index (κ2) is 9.50. The maximum atomic E-state index is 4.28. The fraction of sp³-hybridized carbons (Fsp3) is 0.375. The first-order valence-corrected chi connectivity index (χ1v) is 10.5. The molecule has 0 fully saturated rings. The van der Waals surface area contributed by atoms with Gasteiger partial charge in [-0.25, -0.2) is 0 Å². The number of hydrogen-bond donors (Lipinski definition) is 0. The first-order chi connectivity index (χ1) is 10.3. The predicted molar refractivity (Wildman–Crippen MR) is 108 cm³/mol. The van der Waals surface area contributed by atoms with E-state index < -0.39 is 0 Å². The van der Waals surface area contributed by atoms with E-state index in [0.717, 1.165) is 22.0 Å². The third-order valence-electron chi connectivity index (χ3n) is 3.30. The Morgan fingerprint density at radius 1 is 0.727 bits per heavy atom. The zero-order chi connectivity index (χ0) is 16.9. The quantitative estimate of drug-likeness (QED) is 0.384. The lowest BCUT2D eigenvalue weighted by Gasteiger charge is -2.05. The van der Waals surface area contributed by atoms with Gasteiger partial charge in [-0.1, -0.05) is 63.7 Å². The summed E-state index contributed by atoms with van der Waals surface area (Å²) < 4.78 is 2.34. The molecule has 0 aromatic carbocycles. The normalized spacial score (nSPS) is 10.2. The van der Waals surface area contributed by atoms with E-state index in [1.807, 2.05) is 26.2 Å². The van der Waals surface area contributed by atoms with Crippen molar-refractivity contribution in [2.45, 2.75) is 38.4 Å². The second-order valence-corrected chi connectivity index (χ2v) is 7.63. The first-order valence-electron chi connectivity index (χ1n) is 6.66. The molecule has 0 amide bonds. The Morgan fingerprint density at radius 2 is 1.05 bits per heavy atom. The Balaban J connectivity index is 0.000000220. The van der Waals surface area contributed by atoms with E-state index in [0.29, 0.717) is 0 Å². The summed E-state index contributed by atoms with van der Waals surface area (Å²) in [5.74, 6) is 0. The van der Waals surface area contributed by atoms with Gasteiger partial charge in [0, 0.05) is 32.0 Å². The Kier molecular flexibility index (Phi) is 8.75. The van der Waals surface area contributed by atoms with E-state index in [9.17, 15) is 0 Å². The molecule has 0 bridgehead atoms. The van der Waals surface area contributed by atoms with E-state index in [1.54, 1.807) is 0 Å². The maximum Gasteiger partial charge on any atom is 0.0549 e. The van der Waals surface area contributed by atoms with Crippen molar-refractivity contribution >= 4 is 63.7 Å². The summed E-state index contributed by atoms with van der Waals surface area (Å²) in [6, 6.07) is 0. The number of nitrogens with zero attached hydrogens (tertiary/aromatic N) is 2. The van der Waals surface area contributed by atoms with Crippen molar-refractivity contribution in [2.24, 2.45) is 0 Å². The highest BCUT2D eigenvalue weighted by atomic mass is 79.9. The van der Waals surface area contributed by atoms with E-state index >= 15 is 0 Å². The van der Waals surface area contributed by atoms with Crippen molar-refractivity contribution in [2.75, 3.05) is 0 Å². The number of aryl methyl sites for hydroxylation is 2.